The summed E-state index contributed by atoms with van der Waals surface area (Å²) in [6.45, 7) is 2.56. The van der Waals surface area contributed by atoms with Crippen molar-refractivity contribution in [3.63, 3.8) is 0 Å². The van der Waals surface area contributed by atoms with Crippen molar-refractivity contribution in [2.75, 3.05) is 6.61 Å². The number of aromatic nitrogens is 3. The molecule has 0 aliphatic carbocycles. The maximum Gasteiger partial charge on any atom is 0.197 e. The molecule has 0 aliphatic rings. The van der Waals surface area contributed by atoms with Gasteiger partial charge in [-0.2, -0.15) is 5.10 Å². The first-order valence-corrected chi connectivity index (χ1v) is 4.72. The summed E-state index contributed by atoms with van der Waals surface area (Å²) in [6.07, 6.45) is 3.34. The van der Waals surface area contributed by atoms with E-state index >= 15 is 0 Å². The molecular weight excluding hydrogens is 234 g/mol. The van der Waals surface area contributed by atoms with E-state index in [0.29, 0.717) is 6.61 Å². The van der Waals surface area contributed by atoms with Crippen LogP contribution < -0.4 is 4.74 Å². The predicted molar refractivity (Wildman–Crippen MR) is 51.9 cm³/mol. The van der Waals surface area contributed by atoms with E-state index < -0.39 is 0 Å². The molecule has 0 atom stereocenters. The van der Waals surface area contributed by atoms with Gasteiger partial charge in [0.05, 0.1) is 6.61 Å². The van der Waals surface area contributed by atoms with Gasteiger partial charge < -0.3 is 4.74 Å². The van der Waals surface area contributed by atoms with Gasteiger partial charge in [-0.3, -0.25) is 0 Å². The molecule has 0 spiro atoms. The summed E-state index contributed by atoms with van der Waals surface area (Å²) >= 11 is 3.37. The molecule has 13 heavy (non-hydrogen) atoms. The Morgan fingerprint density at radius 1 is 1.62 bits per heavy atom. The Bertz CT molecular complexity index is 426. The normalized spacial score (nSPS) is 10.6. The van der Waals surface area contributed by atoms with Crippen LogP contribution >= 0.6 is 15.9 Å². The Kier molecular flexibility index (Phi) is 2.18. The summed E-state index contributed by atoms with van der Waals surface area (Å²) in [5, 5.41) is 4.02. The lowest BCUT2D eigenvalue weighted by Crippen LogP contribution is -1.96. The highest BCUT2D eigenvalue weighted by Gasteiger charge is 2.05. The molecule has 2 aromatic rings. The standard InChI is InChI=1S/C8H8BrN3O/c1-2-13-7-3-6(9)4-12-8(7)10-5-11-12/h3-5H,2H2,1H3. The minimum Gasteiger partial charge on any atom is -0.490 e. The fourth-order valence-electron chi connectivity index (χ4n) is 1.13. The van der Waals surface area contributed by atoms with Gasteiger partial charge in [-0.05, 0) is 28.9 Å². The highest BCUT2D eigenvalue weighted by molar-refractivity contribution is 9.10. The first-order chi connectivity index (χ1) is 6.31. The zero-order valence-electron chi connectivity index (χ0n) is 7.07. The maximum absolute atomic E-state index is 5.40. The van der Waals surface area contributed by atoms with Crippen molar-refractivity contribution in [3.05, 3.63) is 23.1 Å². The number of hydrogen-bond acceptors (Lipinski definition) is 3. The second-order valence-corrected chi connectivity index (χ2v) is 3.40. The molecule has 0 saturated heterocycles. The van der Waals surface area contributed by atoms with Crippen LogP contribution in [0.5, 0.6) is 5.75 Å². The number of fused-ring (bicyclic) bond motifs is 1. The van der Waals surface area contributed by atoms with E-state index in [9.17, 15) is 0 Å². The predicted octanol–water partition coefficient (Wildman–Crippen LogP) is 1.89. The van der Waals surface area contributed by atoms with E-state index in [0.717, 1.165) is 15.9 Å². The van der Waals surface area contributed by atoms with Crippen LogP contribution in [0.15, 0.2) is 23.1 Å². The number of halogens is 1. The number of rotatable bonds is 2. The van der Waals surface area contributed by atoms with Crippen molar-refractivity contribution in [2.45, 2.75) is 6.92 Å². The lowest BCUT2D eigenvalue weighted by atomic mass is 10.4. The van der Waals surface area contributed by atoms with Gasteiger partial charge in [-0.25, -0.2) is 9.50 Å². The van der Waals surface area contributed by atoms with Crippen molar-refractivity contribution >= 4 is 21.6 Å². The molecule has 5 heteroatoms. The number of ether oxygens (including phenoxy) is 1. The van der Waals surface area contributed by atoms with Crippen molar-refractivity contribution in [3.8, 4) is 5.75 Å². The summed E-state index contributed by atoms with van der Waals surface area (Å²) in [5.74, 6) is 0.745. The Balaban J connectivity index is 2.63. The Morgan fingerprint density at radius 3 is 3.23 bits per heavy atom. The SMILES string of the molecule is CCOc1cc(Br)cn2ncnc12. The third kappa shape index (κ3) is 1.51. The van der Waals surface area contributed by atoms with Gasteiger partial charge in [0.15, 0.2) is 11.4 Å². The highest BCUT2D eigenvalue weighted by atomic mass is 79.9. The molecule has 0 aliphatic heterocycles. The van der Waals surface area contributed by atoms with E-state index in [-0.39, 0.29) is 0 Å². The van der Waals surface area contributed by atoms with Crippen molar-refractivity contribution in [1.82, 2.24) is 14.6 Å². The van der Waals surface area contributed by atoms with Gasteiger partial charge in [0.25, 0.3) is 0 Å². The lowest BCUT2D eigenvalue weighted by molar-refractivity contribution is 0.342. The molecule has 0 amide bonds. The maximum atomic E-state index is 5.40. The molecule has 0 N–H and O–H groups in total. The molecule has 0 fully saturated rings. The lowest BCUT2D eigenvalue weighted by Gasteiger charge is -2.04. The number of hydrogen-bond donors (Lipinski definition) is 0. The van der Waals surface area contributed by atoms with E-state index in [1.54, 1.807) is 4.52 Å². The number of nitrogens with zero attached hydrogens (tertiary/aromatic N) is 3. The van der Waals surface area contributed by atoms with Crippen LogP contribution in [0.25, 0.3) is 5.65 Å². The molecule has 2 heterocycles. The number of pyridine rings is 1. The summed E-state index contributed by atoms with van der Waals surface area (Å²) < 4.78 is 8.01. The summed E-state index contributed by atoms with van der Waals surface area (Å²) in [4.78, 5) is 4.08. The second kappa shape index (κ2) is 3.33. The van der Waals surface area contributed by atoms with Gasteiger partial charge in [-0.15, -0.1) is 0 Å². The van der Waals surface area contributed by atoms with Crippen LogP contribution in [-0.2, 0) is 0 Å². The third-order valence-corrected chi connectivity index (χ3v) is 2.04. The van der Waals surface area contributed by atoms with Crippen LogP contribution in [-0.4, -0.2) is 21.2 Å². The zero-order valence-corrected chi connectivity index (χ0v) is 8.65. The Morgan fingerprint density at radius 2 is 2.46 bits per heavy atom. The minimum absolute atomic E-state index is 0.624. The Labute approximate surface area is 83.7 Å². The van der Waals surface area contributed by atoms with Crippen LogP contribution in [0.4, 0.5) is 0 Å². The van der Waals surface area contributed by atoms with Gasteiger partial charge in [0.2, 0.25) is 0 Å². The quantitative estimate of drug-likeness (QED) is 0.807. The summed E-state index contributed by atoms with van der Waals surface area (Å²) in [7, 11) is 0. The first kappa shape index (κ1) is 8.50. The van der Waals surface area contributed by atoms with Gasteiger partial charge in [0, 0.05) is 10.7 Å². The van der Waals surface area contributed by atoms with Crippen molar-refractivity contribution < 1.29 is 4.74 Å². The average Bonchev–Trinajstić information content (AvgIpc) is 2.52. The zero-order chi connectivity index (χ0) is 9.26. The van der Waals surface area contributed by atoms with Crippen LogP contribution in [0, 0.1) is 0 Å². The van der Waals surface area contributed by atoms with Gasteiger partial charge in [-0.1, -0.05) is 0 Å². The summed E-state index contributed by atoms with van der Waals surface area (Å²) in [5.41, 5.74) is 0.741. The Hall–Kier alpha value is -1.10. The average molecular weight is 242 g/mol. The van der Waals surface area contributed by atoms with Gasteiger partial charge >= 0.3 is 0 Å². The largest absolute Gasteiger partial charge is 0.490 e. The molecule has 0 radical (unpaired) electrons. The highest BCUT2D eigenvalue weighted by Crippen LogP contribution is 2.22. The fourth-order valence-corrected chi connectivity index (χ4v) is 1.53. The topological polar surface area (TPSA) is 39.4 Å². The molecule has 2 rings (SSSR count). The van der Waals surface area contributed by atoms with E-state index in [4.69, 9.17) is 4.74 Å². The van der Waals surface area contributed by atoms with E-state index in [1.807, 2.05) is 19.2 Å². The first-order valence-electron chi connectivity index (χ1n) is 3.93. The van der Waals surface area contributed by atoms with Crippen molar-refractivity contribution in [1.29, 1.82) is 0 Å². The van der Waals surface area contributed by atoms with Gasteiger partial charge in [0.1, 0.15) is 6.33 Å². The molecule has 68 valence electrons. The van der Waals surface area contributed by atoms with Crippen molar-refractivity contribution in [2.24, 2.45) is 0 Å². The molecular formula is C8H8BrN3O. The fraction of sp³-hybridized carbons (Fsp3) is 0.250. The molecule has 0 saturated carbocycles. The molecule has 0 aromatic carbocycles. The van der Waals surface area contributed by atoms with Crippen LogP contribution in [0.1, 0.15) is 6.92 Å². The second-order valence-electron chi connectivity index (χ2n) is 2.48. The van der Waals surface area contributed by atoms with E-state index in [1.165, 1.54) is 6.33 Å². The van der Waals surface area contributed by atoms with Crippen LogP contribution in [0.3, 0.4) is 0 Å². The molecule has 2 aromatic heterocycles. The van der Waals surface area contributed by atoms with E-state index in [2.05, 4.69) is 26.0 Å². The third-order valence-electron chi connectivity index (χ3n) is 1.61. The monoisotopic (exact) mass is 241 g/mol. The smallest absolute Gasteiger partial charge is 0.197 e. The molecule has 4 nitrogen and oxygen atoms in total. The minimum atomic E-state index is 0.624. The molecule has 0 unspecified atom stereocenters. The summed E-state index contributed by atoms with van der Waals surface area (Å²) in [6, 6.07) is 1.88. The van der Waals surface area contributed by atoms with Crippen LogP contribution in [0.2, 0.25) is 0 Å². The molecule has 0 bridgehead atoms.